The van der Waals surface area contributed by atoms with Crippen LogP contribution in [0.4, 0.5) is 0 Å². The van der Waals surface area contributed by atoms with Crippen LogP contribution in [0.25, 0.3) is 0 Å². The van der Waals surface area contributed by atoms with Gasteiger partial charge in [-0.1, -0.05) is 18.2 Å². The minimum atomic E-state index is -4.79. The lowest BCUT2D eigenvalue weighted by atomic mass is 10.0. The SMILES string of the molecule is COc1cccc(Oc2ccc(C(=O)c3ccc(C)c(S(=O)(=O)O)c3)cc2S(=O)(=O)O)c1. The van der Waals surface area contributed by atoms with Crippen LogP contribution in [0, 0.1) is 6.92 Å². The van der Waals surface area contributed by atoms with Crippen molar-refractivity contribution < 1.29 is 40.2 Å². The molecule has 0 spiro atoms. The van der Waals surface area contributed by atoms with E-state index in [1.54, 1.807) is 18.2 Å². The highest BCUT2D eigenvalue weighted by Crippen LogP contribution is 2.32. The summed E-state index contributed by atoms with van der Waals surface area (Å²) in [5.74, 6) is -0.283. The first-order valence-corrected chi connectivity index (χ1v) is 11.8. The van der Waals surface area contributed by atoms with Crippen molar-refractivity contribution in [2.24, 2.45) is 0 Å². The predicted molar refractivity (Wildman–Crippen MR) is 114 cm³/mol. The van der Waals surface area contributed by atoms with Crippen LogP contribution >= 0.6 is 0 Å². The summed E-state index contributed by atoms with van der Waals surface area (Å²) in [6, 6.07) is 13.3. The molecule has 0 aliphatic carbocycles. The van der Waals surface area contributed by atoms with Crippen molar-refractivity contribution >= 4 is 26.0 Å². The van der Waals surface area contributed by atoms with Crippen LogP contribution in [-0.2, 0) is 20.2 Å². The molecule has 0 radical (unpaired) electrons. The second kappa shape index (κ2) is 8.71. The third-order valence-corrected chi connectivity index (χ3v) is 6.35. The summed E-state index contributed by atoms with van der Waals surface area (Å²) in [6.07, 6.45) is 0. The van der Waals surface area contributed by atoms with E-state index in [4.69, 9.17) is 9.47 Å². The van der Waals surface area contributed by atoms with Crippen molar-refractivity contribution in [1.82, 2.24) is 0 Å². The summed E-state index contributed by atoms with van der Waals surface area (Å²) >= 11 is 0. The summed E-state index contributed by atoms with van der Waals surface area (Å²) < 4.78 is 76.5. The molecule has 0 atom stereocenters. The van der Waals surface area contributed by atoms with Gasteiger partial charge in [0.15, 0.2) is 5.78 Å². The predicted octanol–water partition coefficient (Wildman–Crippen LogP) is 3.52. The zero-order valence-electron chi connectivity index (χ0n) is 16.8. The smallest absolute Gasteiger partial charge is 0.298 e. The minimum absolute atomic E-state index is 0.106. The monoisotopic (exact) mass is 478 g/mol. The van der Waals surface area contributed by atoms with E-state index in [1.165, 1.54) is 44.4 Å². The van der Waals surface area contributed by atoms with Crippen LogP contribution in [0.2, 0.25) is 0 Å². The highest BCUT2D eigenvalue weighted by atomic mass is 32.2. The Labute approximate surface area is 184 Å². The van der Waals surface area contributed by atoms with Gasteiger partial charge in [0, 0.05) is 17.2 Å². The van der Waals surface area contributed by atoms with Crippen LogP contribution in [0.15, 0.2) is 70.5 Å². The van der Waals surface area contributed by atoms with Crippen LogP contribution in [0.1, 0.15) is 21.5 Å². The molecule has 3 rings (SSSR count). The summed E-state index contributed by atoms with van der Waals surface area (Å²) in [6.45, 7) is 1.44. The highest BCUT2D eigenvalue weighted by molar-refractivity contribution is 7.86. The number of ether oxygens (including phenoxy) is 2. The summed E-state index contributed by atoms with van der Waals surface area (Å²) in [7, 11) is -7.91. The molecule has 0 saturated carbocycles. The molecule has 0 fully saturated rings. The van der Waals surface area contributed by atoms with Crippen molar-refractivity contribution in [2.45, 2.75) is 16.7 Å². The number of carbonyl (C=O) groups is 1. The van der Waals surface area contributed by atoms with Gasteiger partial charge in [-0.25, -0.2) is 0 Å². The van der Waals surface area contributed by atoms with E-state index in [0.717, 1.165) is 12.1 Å². The molecule has 32 heavy (non-hydrogen) atoms. The van der Waals surface area contributed by atoms with E-state index in [2.05, 4.69) is 0 Å². The van der Waals surface area contributed by atoms with E-state index >= 15 is 0 Å². The number of benzene rings is 3. The van der Waals surface area contributed by atoms with Gasteiger partial charge in [0.2, 0.25) is 0 Å². The molecule has 9 nitrogen and oxygen atoms in total. The molecule has 0 amide bonds. The van der Waals surface area contributed by atoms with Crippen molar-refractivity contribution in [3.05, 3.63) is 77.4 Å². The fourth-order valence-electron chi connectivity index (χ4n) is 2.91. The average Bonchev–Trinajstić information content (AvgIpc) is 2.72. The summed E-state index contributed by atoms with van der Waals surface area (Å²) in [5, 5.41) is 0. The van der Waals surface area contributed by atoms with Crippen molar-refractivity contribution in [2.75, 3.05) is 7.11 Å². The van der Waals surface area contributed by atoms with Crippen LogP contribution in [-0.4, -0.2) is 38.8 Å². The number of methoxy groups -OCH3 is 1. The van der Waals surface area contributed by atoms with E-state index in [1.807, 2.05) is 0 Å². The molecule has 0 unspecified atom stereocenters. The second-order valence-electron chi connectivity index (χ2n) is 6.70. The molecule has 0 saturated heterocycles. The largest absolute Gasteiger partial charge is 0.497 e. The first-order chi connectivity index (χ1) is 14.9. The molecule has 2 N–H and O–H groups in total. The van der Waals surface area contributed by atoms with Crippen molar-refractivity contribution in [1.29, 1.82) is 0 Å². The Kier molecular flexibility index (Phi) is 6.37. The number of carbonyl (C=O) groups excluding carboxylic acids is 1. The molecule has 0 aromatic heterocycles. The van der Waals surface area contributed by atoms with Crippen molar-refractivity contribution in [3.8, 4) is 17.2 Å². The fraction of sp³-hybridized carbons (Fsp3) is 0.0952. The van der Waals surface area contributed by atoms with Gasteiger partial charge in [0.05, 0.1) is 12.0 Å². The maximum absolute atomic E-state index is 12.9. The van der Waals surface area contributed by atoms with Crippen LogP contribution in [0.3, 0.4) is 0 Å². The average molecular weight is 479 g/mol. The highest BCUT2D eigenvalue weighted by Gasteiger charge is 2.22. The maximum atomic E-state index is 12.9. The molecule has 0 aliphatic rings. The Morgan fingerprint density at radius 3 is 1.94 bits per heavy atom. The Bertz CT molecular complexity index is 1410. The third kappa shape index (κ3) is 5.14. The molecular formula is C21H18O9S2. The number of rotatable bonds is 7. The van der Waals surface area contributed by atoms with Gasteiger partial charge in [-0.2, -0.15) is 16.8 Å². The molecule has 0 bridgehead atoms. The molecular weight excluding hydrogens is 460 g/mol. The maximum Gasteiger partial charge on any atom is 0.298 e. The standard InChI is InChI=1S/C21H18O9S2/c1-13-6-7-14(10-19(13)31(23,24)25)21(22)15-8-9-18(20(11-15)32(26,27)28)30-17-5-3-4-16(12-17)29-2/h3-12H,1-2H3,(H,23,24,25)(H,26,27,28). The Hall–Kier alpha value is -3.25. The van der Waals surface area contributed by atoms with E-state index in [-0.39, 0.29) is 28.2 Å². The number of aryl methyl sites for hydroxylation is 1. The summed E-state index contributed by atoms with van der Waals surface area (Å²) in [5.41, 5.74) is -0.0311. The van der Waals surface area contributed by atoms with Gasteiger partial charge in [0.1, 0.15) is 22.1 Å². The first-order valence-electron chi connectivity index (χ1n) is 8.96. The van der Waals surface area contributed by atoms with Gasteiger partial charge in [-0.05, 0) is 48.9 Å². The van der Waals surface area contributed by atoms with Gasteiger partial charge in [-0.3, -0.25) is 13.9 Å². The number of ketones is 1. The Balaban J connectivity index is 2.05. The minimum Gasteiger partial charge on any atom is -0.497 e. The van der Waals surface area contributed by atoms with Gasteiger partial charge in [0.25, 0.3) is 20.2 Å². The lowest BCUT2D eigenvalue weighted by Gasteiger charge is -2.12. The number of hydrogen-bond acceptors (Lipinski definition) is 7. The molecule has 0 aliphatic heterocycles. The van der Waals surface area contributed by atoms with E-state index in [0.29, 0.717) is 5.75 Å². The topological polar surface area (TPSA) is 144 Å². The number of hydrogen-bond donors (Lipinski definition) is 2. The van der Waals surface area contributed by atoms with Crippen molar-refractivity contribution in [3.63, 3.8) is 0 Å². The molecule has 0 heterocycles. The van der Waals surface area contributed by atoms with Crippen LogP contribution in [0.5, 0.6) is 17.2 Å². The van der Waals surface area contributed by atoms with Crippen LogP contribution < -0.4 is 9.47 Å². The zero-order chi connectivity index (χ0) is 23.7. The Morgan fingerprint density at radius 1 is 0.781 bits per heavy atom. The quantitative estimate of drug-likeness (QED) is 0.385. The Morgan fingerprint density at radius 2 is 1.34 bits per heavy atom. The fourth-order valence-corrected chi connectivity index (χ4v) is 4.30. The molecule has 168 valence electrons. The summed E-state index contributed by atoms with van der Waals surface area (Å²) in [4.78, 5) is 11.8. The van der Waals surface area contributed by atoms with E-state index < -0.39 is 35.8 Å². The van der Waals surface area contributed by atoms with Gasteiger partial charge in [-0.15, -0.1) is 0 Å². The second-order valence-corrected chi connectivity index (χ2v) is 9.48. The lowest BCUT2D eigenvalue weighted by Crippen LogP contribution is -2.08. The normalized spacial score (nSPS) is 11.8. The van der Waals surface area contributed by atoms with Gasteiger partial charge < -0.3 is 9.47 Å². The zero-order valence-corrected chi connectivity index (χ0v) is 18.5. The molecule has 11 heteroatoms. The lowest BCUT2D eigenvalue weighted by molar-refractivity contribution is 0.103. The van der Waals surface area contributed by atoms with Gasteiger partial charge >= 0.3 is 0 Å². The molecule has 3 aromatic carbocycles. The molecule has 3 aromatic rings. The first kappa shape index (κ1) is 23.4. The third-order valence-electron chi connectivity index (χ3n) is 4.48. The van der Waals surface area contributed by atoms with E-state index in [9.17, 15) is 30.7 Å².